The van der Waals surface area contributed by atoms with Crippen LogP contribution in [-0.4, -0.2) is 33.8 Å². The Kier molecular flexibility index (Phi) is 3.30. The van der Waals surface area contributed by atoms with Crippen molar-refractivity contribution in [2.24, 2.45) is 0 Å². The smallest absolute Gasteiger partial charge is 0.171 e. The molecule has 0 spiro atoms. The normalized spacial score (nSPS) is 11.1. The minimum atomic E-state index is 0.639. The third-order valence-electron chi connectivity index (χ3n) is 4.14. The van der Waals surface area contributed by atoms with Crippen LogP contribution in [0.2, 0.25) is 0 Å². The molecule has 4 aromatic rings. The second kappa shape index (κ2) is 5.49. The predicted octanol–water partition coefficient (Wildman–Crippen LogP) is 3.27. The SMILES string of the molecule is COc1cc2ncn3c(-c4ccccc4C)nnc3c2cc1OC. The number of aromatic nitrogens is 4. The van der Waals surface area contributed by atoms with Gasteiger partial charge in [0, 0.05) is 17.0 Å². The van der Waals surface area contributed by atoms with Gasteiger partial charge in [0.05, 0.1) is 19.7 Å². The van der Waals surface area contributed by atoms with E-state index >= 15 is 0 Å². The first-order valence-electron chi connectivity index (χ1n) is 7.54. The van der Waals surface area contributed by atoms with Gasteiger partial charge in [0.1, 0.15) is 6.33 Å². The third kappa shape index (κ3) is 2.07. The van der Waals surface area contributed by atoms with E-state index in [9.17, 15) is 0 Å². The standard InChI is InChI=1S/C18H16N4O2/c1-11-6-4-5-7-12(11)17-20-21-18-13-8-15(23-2)16(24-3)9-14(13)19-10-22(17)18/h4-10H,1-3H3. The van der Waals surface area contributed by atoms with Gasteiger partial charge >= 0.3 is 0 Å². The molecular weight excluding hydrogens is 304 g/mol. The summed E-state index contributed by atoms with van der Waals surface area (Å²) in [6.45, 7) is 2.05. The molecule has 0 aliphatic carbocycles. The Bertz CT molecular complexity index is 1060. The van der Waals surface area contributed by atoms with E-state index in [0.717, 1.165) is 33.5 Å². The molecule has 2 aromatic heterocycles. The average Bonchev–Trinajstić information content (AvgIpc) is 3.05. The Balaban J connectivity index is 2.02. The van der Waals surface area contributed by atoms with Gasteiger partial charge in [-0.25, -0.2) is 4.98 Å². The van der Waals surface area contributed by atoms with Crippen LogP contribution in [0.25, 0.3) is 27.9 Å². The van der Waals surface area contributed by atoms with E-state index in [4.69, 9.17) is 9.47 Å². The molecule has 0 radical (unpaired) electrons. The molecule has 24 heavy (non-hydrogen) atoms. The number of rotatable bonds is 3. The van der Waals surface area contributed by atoms with Gasteiger partial charge in [-0.2, -0.15) is 0 Å². The zero-order valence-electron chi connectivity index (χ0n) is 13.6. The van der Waals surface area contributed by atoms with E-state index in [1.54, 1.807) is 20.5 Å². The first-order chi connectivity index (χ1) is 11.7. The molecule has 0 saturated heterocycles. The summed E-state index contributed by atoms with van der Waals surface area (Å²) in [4.78, 5) is 4.53. The Morgan fingerprint density at radius 2 is 1.71 bits per heavy atom. The number of hydrogen-bond acceptors (Lipinski definition) is 5. The maximum Gasteiger partial charge on any atom is 0.171 e. The van der Waals surface area contributed by atoms with Gasteiger partial charge in [-0.1, -0.05) is 24.3 Å². The number of ether oxygens (including phenoxy) is 2. The number of fused-ring (bicyclic) bond motifs is 3. The maximum absolute atomic E-state index is 5.39. The second-order valence-corrected chi connectivity index (χ2v) is 5.50. The highest BCUT2D eigenvalue weighted by atomic mass is 16.5. The molecule has 6 heteroatoms. The molecular formula is C18H16N4O2. The molecule has 6 nitrogen and oxygen atoms in total. The van der Waals surface area contributed by atoms with Crippen LogP contribution in [0.5, 0.6) is 11.5 Å². The van der Waals surface area contributed by atoms with Gasteiger partial charge in [-0.05, 0) is 18.6 Å². The van der Waals surface area contributed by atoms with Crippen LogP contribution in [-0.2, 0) is 0 Å². The van der Waals surface area contributed by atoms with Crippen molar-refractivity contribution in [1.82, 2.24) is 19.6 Å². The van der Waals surface area contributed by atoms with Gasteiger partial charge < -0.3 is 9.47 Å². The van der Waals surface area contributed by atoms with Crippen molar-refractivity contribution in [1.29, 1.82) is 0 Å². The Morgan fingerprint density at radius 3 is 2.46 bits per heavy atom. The van der Waals surface area contributed by atoms with Crippen LogP contribution in [0.4, 0.5) is 0 Å². The van der Waals surface area contributed by atoms with Crippen molar-refractivity contribution in [2.45, 2.75) is 6.92 Å². The summed E-state index contributed by atoms with van der Waals surface area (Å²) >= 11 is 0. The summed E-state index contributed by atoms with van der Waals surface area (Å²) in [7, 11) is 3.22. The molecule has 120 valence electrons. The van der Waals surface area contributed by atoms with E-state index in [2.05, 4.69) is 28.2 Å². The quantitative estimate of drug-likeness (QED) is 0.580. The zero-order valence-corrected chi connectivity index (χ0v) is 13.6. The van der Waals surface area contributed by atoms with Crippen LogP contribution in [0, 0.1) is 6.92 Å². The largest absolute Gasteiger partial charge is 0.493 e. The summed E-state index contributed by atoms with van der Waals surface area (Å²) in [5.74, 6) is 2.05. The highest BCUT2D eigenvalue weighted by Crippen LogP contribution is 2.33. The van der Waals surface area contributed by atoms with Crippen LogP contribution in [0.1, 0.15) is 5.56 Å². The molecule has 0 amide bonds. The molecule has 2 heterocycles. The van der Waals surface area contributed by atoms with Crippen molar-refractivity contribution < 1.29 is 9.47 Å². The monoisotopic (exact) mass is 320 g/mol. The lowest BCUT2D eigenvalue weighted by Crippen LogP contribution is -1.96. The zero-order chi connectivity index (χ0) is 16.7. The predicted molar refractivity (Wildman–Crippen MR) is 91.6 cm³/mol. The fourth-order valence-electron chi connectivity index (χ4n) is 2.87. The molecule has 4 rings (SSSR count). The molecule has 0 unspecified atom stereocenters. The lowest BCUT2D eigenvalue weighted by molar-refractivity contribution is 0.356. The number of benzene rings is 2. The van der Waals surface area contributed by atoms with Crippen LogP contribution >= 0.6 is 0 Å². The van der Waals surface area contributed by atoms with Gasteiger partial charge in [0.25, 0.3) is 0 Å². The fraction of sp³-hybridized carbons (Fsp3) is 0.167. The lowest BCUT2D eigenvalue weighted by Gasteiger charge is -2.09. The summed E-state index contributed by atoms with van der Waals surface area (Å²) in [6, 6.07) is 11.8. The summed E-state index contributed by atoms with van der Waals surface area (Å²) in [5, 5.41) is 9.61. The molecule has 0 saturated carbocycles. The van der Waals surface area contributed by atoms with Crippen molar-refractivity contribution in [3.05, 3.63) is 48.3 Å². The highest BCUT2D eigenvalue weighted by molar-refractivity contribution is 5.94. The van der Waals surface area contributed by atoms with Crippen LogP contribution < -0.4 is 9.47 Å². The topological polar surface area (TPSA) is 61.5 Å². The maximum atomic E-state index is 5.39. The molecule has 0 N–H and O–H groups in total. The van der Waals surface area contributed by atoms with Gasteiger partial charge in [0.2, 0.25) is 0 Å². The number of aryl methyl sites for hydroxylation is 1. The van der Waals surface area contributed by atoms with Crippen LogP contribution in [0.3, 0.4) is 0 Å². The van der Waals surface area contributed by atoms with Gasteiger partial charge in [-0.3, -0.25) is 4.40 Å². The first-order valence-corrected chi connectivity index (χ1v) is 7.54. The molecule has 0 aliphatic rings. The van der Waals surface area contributed by atoms with E-state index in [1.807, 2.05) is 34.7 Å². The van der Waals surface area contributed by atoms with Crippen molar-refractivity contribution in [3.8, 4) is 22.9 Å². The van der Waals surface area contributed by atoms with Crippen molar-refractivity contribution >= 4 is 16.6 Å². The van der Waals surface area contributed by atoms with Gasteiger partial charge in [0.15, 0.2) is 23.0 Å². The first kappa shape index (κ1) is 14.4. The number of nitrogens with zero attached hydrogens (tertiary/aromatic N) is 4. The molecule has 0 bridgehead atoms. The Hall–Kier alpha value is -3.15. The minimum Gasteiger partial charge on any atom is -0.493 e. The second-order valence-electron chi connectivity index (χ2n) is 5.50. The number of hydrogen-bond donors (Lipinski definition) is 0. The highest BCUT2D eigenvalue weighted by Gasteiger charge is 2.15. The van der Waals surface area contributed by atoms with Crippen molar-refractivity contribution in [2.75, 3.05) is 14.2 Å². The number of methoxy groups -OCH3 is 2. The molecule has 0 fully saturated rings. The fourth-order valence-corrected chi connectivity index (χ4v) is 2.87. The lowest BCUT2D eigenvalue weighted by atomic mass is 10.1. The summed E-state index contributed by atoms with van der Waals surface area (Å²) < 4.78 is 12.6. The van der Waals surface area contributed by atoms with E-state index < -0.39 is 0 Å². The average molecular weight is 320 g/mol. The Labute approximate surface area is 138 Å². The minimum absolute atomic E-state index is 0.639. The van der Waals surface area contributed by atoms with Crippen molar-refractivity contribution in [3.63, 3.8) is 0 Å². The molecule has 0 aliphatic heterocycles. The van der Waals surface area contributed by atoms with Crippen LogP contribution in [0.15, 0.2) is 42.7 Å². The Morgan fingerprint density at radius 1 is 0.958 bits per heavy atom. The van der Waals surface area contributed by atoms with E-state index in [0.29, 0.717) is 11.5 Å². The molecule has 2 aromatic carbocycles. The van der Waals surface area contributed by atoms with Gasteiger partial charge in [-0.15, -0.1) is 10.2 Å². The molecule has 0 atom stereocenters. The third-order valence-corrected chi connectivity index (χ3v) is 4.14. The summed E-state index contributed by atoms with van der Waals surface area (Å²) in [6.07, 6.45) is 1.74. The van der Waals surface area contributed by atoms with E-state index in [-0.39, 0.29) is 0 Å². The van der Waals surface area contributed by atoms with E-state index in [1.165, 1.54) is 0 Å². The summed E-state index contributed by atoms with van der Waals surface area (Å²) in [5.41, 5.74) is 3.69.